The summed E-state index contributed by atoms with van der Waals surface area (Å²) in [5, 5.41) is 1.23. The zero-order chi connectivity index (χ0) is 14.9. The van der Waals surface area contributed by atoms with Gasteiger partial charge in [0.2, 0.25) is 5.13 Å². The average Bonchev–Trinajstić information content (AvgIpc) is 2.86. The van der Waals surface area contributed by atoms with Crippen molar-refractivity contribution >= 4 is 22.4 Å². The maximum Gasteiger partial charge on any atom is 0.434 e. The largest absolute Gasteiger partial charge is 0.434 e. The van der Waals surface area contributed by atoms with Crippen molar-refractivity contribution in [2.45, 2.75) is 13.1 Å². The van der Waals surface area contributed by atoms with Crippen LogP contribution >= 0.6 is 11.3 Å². The molecule has 0 bridgehead atoms. The van der Waals surface area contributed by atoms with E-state index in [2.05, 4.69) is 4.98 Å². The van der Waals surface area contributed by atoms with E-state index in [-0.39, 0.29) is 10.7 Å². The van der Waals surface area contributed by atoms with Crippen LogP contribution < -0.4 is 10.9 Å². The number of carbonyl (C=O) groups is 1. The van der Waals surface area contributed by atoms with Crippen molar-refractivity contribution < 1.29 is 18.0 Å². The lowest BCUT2D eigenvalue weighted by Gasteiger charge is -2.13. The molecule has 0 aliphatic heterocycles. The van der Waals surface area contributed by atoms with E-state index >= 15 is 0 Å². The van der Waals surface area contributed by atoms with Gasteiger partial charge in [0.05, 0.1) is 0 Å². The van der Waals surface area contributed by atoms with E-state index < -0.39 is 17.8 Å². The van der Waals surface area contributed by atoms with Crippen LogP contribution in [0.5, 0.6) is 0 Å². The van der Waals surface area contributed by atoms with Gasteiger partial charge < -0.3 is 0 Å². The van der Waals surface area contributed by atoms with Gasteiger partial charge in [-0.2, -0.15) is 13.2 Å². The minimum Gasteiger partial charge on any atom is -0.267 e. The van der Waals surface area contributed by atoms with Crippen molar-refractivity contribution in [3.05, 3.63) is 46.5 Å². The molecule has 2 aromatic rings. The molecule has 1 aromatic carbocycles. The average molecular weight is 301 g/mol. The Morgan fingerprint density at radius 2 is 2.10 bits per heavy atom. The second kappa shape index (κ2) is 5.22. The smallest absolute Gasteiger partial charge is 0.267 e. The Hall–Kier alpha value is -1.93. The summed E-state index contributed by atoms with van der Waals surface area (Å²) >= 11 is 0.661. The molecular formula is C12H10F3N3OS. The minimum atomic E-state index is -4.55. The zero-order valence-electron chi connectivity index (χ0n) is 10.3. The van der Waals surface area contributed by atoms with Crippen LogP contribution in [-0.2, 0) is 6.18 Å². The number of amides is 1. The van der Waals surface area contributed by atoms with E-state index in [1.165, 1.54) is 6.07 Å². The van der Waals surface area contributed by atoms with E-state index in [4.69, 9.17) is 5.84 Å². The number of rotatable bonds is 2. The number of hydrogen-bond acceptors (Lipinski definition) is 4. The van der Waals surface area contributed by atoms with E-state index in [0.717, 1.165) is 10.9 Å². The lowest BCUT2D eigenvalue weighted by molar-refractivity contribution is -0.140. The lowest BCUT2D eigenvalue weighted by Crippen LogP contribution is -2.37. The summed E-state index contributed by atoms with van der Waals surface area (Å²) in [7, 11) is 0. The lowest BCUT2D eigenvalue weighted by atomic mass is 10.1. The van der Waals surface area contributed by atoms with Gasteiger partial charge in [0, 0.05) is 10.9 Å². The molecular weight excluding hydrogens is 291 g/mol. The summed E-state index contributed by atoms with van der Waals surface area (Å²) in [4.78, 5) is 15.4. The number of alkyl halides is 3. The molecule has 20 heavy (non-hydrogen) atoms. The molecule has 0 radical (unpaired) electrons. The maximum atomic E-state index is 12.4. The van der Waals surface area contributed by atoms with Crippen LogP contribution in [0.15, 0.2) is 29.6 Å². The maximum absolute atomic E-state index is 12.4. The summed E-state index contributed by atoms with van der Waals surface area (Å²) in [5.41, 5.74) is 0.0700. The van der Waals surface area contributed by atoms with Gasteiger partial charge in [-0.25, -0.2) is 15.8 Å². The fourth-order valence-corrected chi connectivity index (χ4v) is 2.26. The fraction of sp³-hybridized carbons (Fsp3) is 0.167. The fourth-order valence-electron chi connectivity index (χ4n) is 1.51. The van der Waals surface area contributed by atoms with E-state index in [1.54, 1.807) is 25.1 Å². The van der Waals surface area contributed by atoms with Crippen molar-refractivity contribution in [1.29, 1.82) is 0 Å². The number of hydrogen-bond donors (Lipinski definition) is 1. The third-order valence-corrected chi connectivity index (χ3v) is 3.31. The van der Waals surface area contributed by atoms with Gasteiger partial charge in [-0.3, -0.25) is 4.79 Å². The van der Waals surface area contributed by atoms with Gasteiger partial charge in [0.1, 0.15) is 0 Å². The Kier molecular flexibility index (Phi) is 3.78. The molecule has 0 saturated carbocycles. The predicted molar refractivity (Wildman–Crippen MR) is 69.3 cm³/mol. The summed E-state index contributed by atoms with van der Waals surface area (Å²) in [5.74, 6) is 4.93. The Morgan fingerprint density at radius 3 is 2.65 bits per heavy atom. The number of anilines is 1. The number of carbonyl (C=O) groups excluding carboxylic acids is 1. The normalized spacial score (nSPS) is 11.4. The first-order chi connectivity index (χ1) is 9.29. The number of halogens is 3. The highest BCUT2D eigenvalue weighted by atomic mass is 32.1. The van der Waals surface area contributed by atoms with Crippen molar-refractivity contribution in [2.24, 2.45) is 5.84 Å². The SMILES string of the molecule is Cc1cccc(C(=O)N(N)c2nc(C(F)(F)F)cs2)c1. The summed E-state index contributed by atoms with van der Waals surface area (Å²) in [6.45, 7) is 1.79. The highest BCUT2D eigenvalue weighted by Gasteiger charge is 2.34. The molecule has 2 N–H and O–H groups in total. The van der Waals surface area contributed by atoms with Gasteiger partial charge in [0.25, 0.3) is 5.91 Å². The Labute approximate surface area is 116 Å². The monoisotopic (exact) mass is 301 g/mol. The number of hydrazine groups is 1. The summed E-state index contributed by atoms with van der Waals surface area (Å²) in [6.07, 6.45) is -4.55. The molecule has 0 fully saturated rings. The van der Waals surface area contributed by atoms with Crippen molar-refractivity contribution in [2.75, 3.05) is 5.01 Å². The van der Waals surface area contributed by atoms with Crippen LogP contribution in [0.2, 0.25) is 0 Å². The topological polar surface area (TPSA) is 59.2 Å². The number of thiazole rings is 1. The molecule has 0 spiro atoms. The molecule has 0 aliphatic carbocycles. The number of aromatic nitrogens is 1. The van der Waals surface area contributed by atoms with Crippen LogP contribution in [0.25, 0.3) is 0 Å². The first kappa shape index (κ1) is 14.5. The molecule has 2 rings (SSSR count). The van der Waals surface area contributed by atoms with Crippen molar-refractivity contribution in [3.8, 4) is 0 Å². The van der Waals surface area contributed by atoms with Crippen molar-refractivity contribution in [1.82, 2.24) is 4.98 Å². The molecule has 0 aliphatic rings. The number of aryl methyl sites for hydroxylation is 1. The highest BCUT2D eigenvalue weighted by molar-refractivity contribution is 7.14. The number of nitrogens with two attached hydrogens (primary N) is 1. The standard InChI is InChI=1S/C12H10F3N3OS/c1-7-3-2-4-8(5-7)10(19)18(16)11-17-9(6-20-11)12(13,14)15/h2-6H,16H2,1H3. The zero-order valence-corrected chi connectivity index (χ0v) is 11.1. The van der Waals surface area contributed by atoms with Crippen molar-refractivity contribution in [3.63, 3.8) is 0 Å². The van der Waals surface area contributed by atoms with Crippen LogP contribution in [0.4, 0.5) is 18.3 Å². The van der Waals surface area contributed by atoms with Crippen LogP contribution in [0, 0.1) is 6.92 Å². The van der Waals surface area contributed by atoms with Crippen LogP contribution in [0.3, 0.4) is 0 Å². The van der Waals surface area contributed by atoms with E-state index in [0.29, 0.717) is 16.3 Å². The van der Waals surface area contributed by atoms with Gasteiger partial charge in [0.15, 0.2) is 5.69 Å². The summed E-state index contributed by atoms with van der Waals surface area (Å²) < 4.78 is 37.3. The van der Waals surface area contributed by atoms with Gasteiger partial charge >= 0.3 is 6.18 Å². The third kappa shape index (κ3) is 2.97. The molecule has 0 saturated heterocycles. The van der Waals surface area contributed by atoms with Gasteiger partial charge in [-0.15, -0.1) is 11.3 Å². The second-order valence-electron chi connectivity index (χ2n) is 4.06. The van der Waals surface area contributed by atoms with Gasteiger partial charge in [-0.05, 0) is 19.1 Å². The van der Waals surface area contributed by atoms with E-state index in [1.807, 2.05) is 0 Å². The minimum absolute atomic E-state index is 0.205. The van der Waals surface area contributed by atoms with Gasteiger partial charge in [-0.1, -0.05) is 17.7 Å². The number of nitrogens with zero attached hydrogens (tertiary/aromatic N) is 2. The molecule has 0 unspecified atom stereocenters. The number of benzene rings is 1. The Balaban J connectivity index is 2.25. The molecule has 1 amide bonds. The molecule has 1 heterocycles. The van der Waals surface area contributed by atoms with Crippen LogP contribution in [0.1, 0.15) is 21.6 Å². The quantitative estimate of drug-likeness (QED) is 0.527. The third-order valence-electron chi connectivity index (χ3n) is 2.47. The summed E-state index contributed by atoms with van der Waals surface area (Å²) in [6, 6.07) is 6.59. The molecule has 8 heteroatoms. The Morgan fingerprint density at radius 1 is 1.40 bits per heavy atom. The molecule has 0 atom stereocenters. The van der Waals surface area contributed by atoms with E-state index in [9.17, 15) is 18.0 Å². The molecule has 1 aromatic heterocycles. The predicted octanol–water partition coefficient (Wildman–Crippen LogP) is 2.99. The first-order valence-electron chi connectivity index (χ1n) is 5.47. The van der Waals surface area contributed by atoms with Crippen LogP contribution in [-0.4, -0.2) is 10.9 Å². The first-order valence-corrected chi connectivity index (χ1v) is 6.35. The Bertz CT molecular complexity index is 639. The molecule has 106 valence electrons. The highest BCUT2D eigenvalue weighted by Crippen LogP contribution is 2.32. The molecule has 4 nitrogen and oxygen atoms in total. The second-order valence-corrected chi connectivity index (χ2v) is 4.89.